The third-order valence-electron chi connectivity index (χ3n) is 9.06. The first-order chi connectivity index (χ1) is 19.1. The topological polar surface area (TPSA) is 21.7 Å². The highest BCUT2D eigenvalue weighted by Crippen LogP contribution is 2.44. The summed E-state index contributed by atoms with van der Waals surface area (Å²) in [5.41, 5.74) is 0. The summed E-state index contributed by atoms with van der Waals surface area (Å²) in [4.78, 5) is 2.35. The minimum atomic E-state index is -0.288. The second-order valence-electron chi connectivity index (χ2n) is 12.9. The predicted octanol–water partition coefficient (Wildman–Crippen LogP) is 10.9. The van der Waals surface area contributed by atoms with Gasteiger partial charge in [0, 0.05) is 18.9 Å². The second-order valence-corrected chi connectivity index (χ2v) is 12.9. The van der Waals surface area contributed by atoms with Crippen LogP contribution in [0.15, 0.2) is 24.3 Å². The maximum Gasteiger partial charge on any atom is 0.169 e. The fraction of sp³-hybridized carbons (Fsp3) is 0.889. The Hall–Kier alpha value is -0.640. The third-order valence-corrected chi connectivity index (χ3v) is 9.06. The highest BCUT2D eigenvalue weighted by atomic mass is 16.8. The van der Waals surface area contributed by atoms with Crippen LogP contribution in [0.2, 0.25) is 0 Å². The molecule has 0 aromatic rings. The summed E-state index contributed by atoms with van der Waals surface area (Å²) < 4.78 is 13.6. The van der Waals surface area contributed by atoms with Crippen LogP contribution in [-0.2, 0) is 9.47 Å². The van der Waals surface area contributed by atoms with Crippen molar-refractivity contribution in [3.05, 3.63) is 24.3 Å². The molecule has 2 unspecified atom stereocenters. The highest BCUT2D eigenvalue weighted by Gasteiger charge is 2.51. The maximum atomic E-state index is 6.78. The first kappa shape index (κ1) is 34.6. The van der Waals surface area contributed by atoms with Gasteiger partial charge in [-0.3, -0.25) is 0 Å². The van der Waals surface area contributed by atoms with Crippen molar-refractivity contribution >= 4 is 0 Å². The predicted molar refractivity (Wildman–Crippen MR) is 170 cm³/mol. The molecule has 3 heteroatoms. The fourth-order valence-electron chi connectivity index (χ4n) is 6.46. The van der Waals surface area contributed by atoms with Crippen molar-refractivity contribution in [2.24, 2.45) is 0 Å². The molecule has 2 aliphatic rings. The van der Waals surface area contributed by atoms with Gasteiger partial charge in [-0.15, -0.1) is 0 Å². The molecule has 0 spiro atoms. The van der Waals surface area contributed by atoms with Crippen molar-refractivity contribution in [2.45, 2.75) is 192 Å². The summed E-state index contributed by atoms with van der Waals surface area (Å²) in [6.45, 7) is 4.57. The molecule has 1 aliphatic carbocycles. The minimum absolute atomic E-state index is 0.288. The van der Waals surface area contributed by atoms with Crippen molar-refractivity contribution < 1.29 is 9.47 Å². The second kappa shape index (κ2) is 22.0. The van der Waals surface area contributed by atoms with Crippen LogP contribution in [0.1, 0.15) is 168 Å². The van der Waals surface area contributed by atoms with Crippen LogP contribution >= 0.6 is 0 Å². The van der Waals surface area contributed by atoms with E-state index in [4.69, 9.17) is 9.47 Å². The van der Waals surface area contributed by atoms with Gasteiger partial charge in [0.15, 0.2) is 5.79 Å². The standard InChI is InChI=1S/C36H67NO2/c1-5-7-9-11-13-15-16-17-18-19-20-21-22-24-26-28-30-36(29-27-25-23-14-12-10-8-6-2)38-34-31-33(37(3)4)32-35(34)39-36/h13,15,17-18,33-35H,5-12,14,16,19-32H2,1-4H3/b15-13-,18-17-/t33?,34-,35+,36?. The average molecular weight is 546 g/mol. The summed E-state index contributed by atoms with van der Waals surface area (Å²) in [6.07, 6.45) is 41.1. The Bertz CT molecular complexity index is 614. The van der Waals surface area contributed by atoms with E-state index in [0.29, 0.717) is 18.2 Å². The Morgan fingerprint density at radius 2 is 0.974 bits per heavy atom. The Morgan fingerprint density at radius 3 is 1.46 bits per heavy atom. The van der Waals surface area contributed by atoms with E-state index >= 15 is 0 Å². The Balaban J connectivity index is 1.57. The molecule has 0 aromatic carbocycles. The van der Waals surface area contributed by atoms with E-state index in [1.165, 1.54) is 122 Å². The van der Waals surface area contributed by atoms with Crippen LogP contribution in [-0.4, -0.2) is 43.0 Å². The van der Waals surface area contributed by atoms with Gasteiger partial charge >= 0.3 is 0 Å². The zero-order valence-electron chi connectivity index (χ0n) is 26.8. The molecule has 4 atom stereocenters. The van der Waals surface area contributed by atoms with E-state index < -0.39 is 0 Å². The summed E-state index contributed by atoms with van der Waals surface area (Å²) in [5, 5.41) is 0. The Labute approximate surface area is 244 Å². The molecule has 2 fully saturated rings. The summed E-state index contributed by atoms with van der Waals surface area (Å²) in [7, 11) is 4.40. The van der Waals surface area contributed by atoms with Crippen molar-refractivity contribution in [3.8, 4) is 0 Å². The number of hydrogen-bond donors (Lipinski definition) is 0. The quantitative estimate of drug-likeness (QED) is 0.0841. The molecule has 0 radical (unpaired) electrons. The molecular formula is C36H67NO2. The fourth-order valence-corrected chi connectivity index (χ4v) is 6.46. The van der Waals surface area contributed by atoms with Crippen LogP contribution in [0.5, 0.6) is 0 Å². The molecule has 0 bridgehead atoms. The molecule has 0 N–H and O–H groups in total. The summed E-state index contributed by atoms with van der Waals surface area (Å²) >= 11 is 0. The lowest BCUT2D eigenvalue weighted by atomic mass is 9.98. The Kier molecular flexibility index (Phi) is 19.5. The van der Waals surface area contributed by atoms with Crippen LogP contribution in [0.3, 0.4) is 0 Å². The molecular weight excluding hydrogens is 478 g/mol. The lowest BCUT2D eigenvalue weighted by Crippen LogP contribution is -2.34. The van der Waals surface area contributed by atoms with Gasteiger partial charge < -0.3 is 14.4 Å². The molecule has 1 saturated carbocycles. The molecule has 0 amide bonds. The number of allylic oxidation sites excluding steroid dienone is 4. The zero-order chi connectivity index (χ0) is 28.0. The molecule has 1 saturated heterocycles. The van der Waals surface area contributed by atoms with Gasteiger partial charge in [0.25, 0.3) is 0 Å². The van der Waals surface area contributed by atoms with E-state index in [9.17, 15) is 0 Å². The molecule has 2 rings (SSSR count). The van der Waals surface area contributed by atoms with E-state index in [0.717, 1.165) is 32.1 Å². The third kappa shape index (κ3) is 15.2. The average Bonchev–Trinajstić information content (AvgIpc) is 3.47. The minimum Gasteiger partial charge on any atom is -0.344 e. The number of ether oxygens (including phenoxy) is 2. The number of unbranched alkanes of at least 4 members (excludes halogenated alkanes) is 16. The Morgan fingerprint density at radius 1 is 0.564 bits per heavy atom. The van der Waals surface area contributed by atoms with E-state index in [-0.39, 0.29) is 5.79 Å². The molecule has 1 heterocycles. The number of fused-ring (bicyclic) bond motifs is 1. The first-order valence-corrected chi connectivity index (χ1v) is 17.4. The molecule has 3 nitrogen and oxygen atoms in total. The van der Waals surface area contributed by atoms with Gasteiger partial charge in [-0.2, -0.15) is 0 Å². The van der Waals surface area contributed by atoms with Gasteiger partial charge in [0.1, 0.15) is 0 Å². The number of rotatable bonds is 25. The van der Waals surface area contributed by atoms with Crippen LogP contribution in [0, 0.1) is 0 Å². The molecule has 39 heavy (non-hydrogen) atoms. The smallest absolute Gasteiger partial charge is 0.169 e. The van der Waals surface area contributed by atoms with Crippen LogP contribution in [0.4, 0.5) is 0 Å². The van der Waals surface area contributed by atoms with Crippen molar-refractivity contribution in [3.63, 3.8) is 0 Å². The van der Waals surface area contributed by atoms with E-state index in [1.807, 2.05) is 0 Å². The maximum absolute atomic E-state index is 6.78. The van der Waals surface area contributed by atoms with Crippen molar-refractivity contribution in [1.29, 1.82) is 0 Å². The van der Waals surface area contributed by atoms with Gasteiger partial charge in [-0.25, -0.2) is 0 Å². The van der Waals surface area contributed by atoms with E-state index in [1.54, 1.807) is 0 Å². The van der Waals surface area contributed by atoms with Crippen molar-refractivity contribution in [1.82, 2.24) is 4.90 Å². The lowest BCUT2D eigenvalue weighted by Gasteiger charge is -2.31. The molecule has 0 aromatic heterocycles. The van der Waals surface area contributed by atoms with Gasteiger partial charge in [-0.05, 0) is 71.9 Å². The number of hydrogen-bond acceptors (Lipinski definition) is 3. The zero-order valence-corrected chi connectivity index (χ0v) is 26.8. The lowest BCUT2D eigenvalue weighted by molar-refractivity contribution is -0.193. The van der Waals surface area contributed by atoms with Gasteiger partial charge in [0.2, 0.25) is 0 Å². The molecule has 228 valence electrons. The highest BCUT2D eigenvalue weighted by molar-refractivity contribution is 4.96. The normalized spacial score (nSPS) is 25.1. The van der Waals surface area contributed by atoms with Gasteiger partial charge in [-0.1, -0.05) is 122 Å². The van der Waals surface area contributed by atoms with Crippen LogP contribution in [0.25, 0.3) is 0 Å². The van der Waals surface area contributed by atoms with Gasteiger partial charge in [0.05, 0.1) is 12.2 Å². The summed E-state index contributed by atoms with van der Waals surface area (Å²) in [5.74, 6) is -0.288. The number of nitrogens with zero attached hydrogens (tertiary/aromatic N) is 1. The van der Waals surface area contributed by atoms with E-state index in [2.05, 4.69) is 57.1 Å². The largest absolute Gasteiger partial charge is 0.344 e. The summed E-state index contributed by atoms with van der Waals surface area (Å²) in [6, 6.07) is 0.614. The molecule has 1 aliphatic heterocycles. The van der Waals surface area contributed by atoms with Crippen molar-refractivity contribution in [2.75, 3.05) is 14.1 Å². The van der Waals surface area contributed by atoms with Crippen LogP contribution < -0.4 is 0 Å². The SMILES string of the molecule is CCCCC/C=C\C/C=C\CCCCCCCCC1(CCCCCCCCCC)O[C@H]2CC(N(C)C)C[C@H]2O1. The first-order valence-electron chi connectivity index (χ1n) is 17.4. The monoisotopic (exact) mass is 546 g/mol.